The van der Waals surface area contributed by atoms with Crippen LogP contribution >= 0.6 is 0 Å². The summed E-state index contributed by atoms with van der Waals surface area (Å²) in [5, 5.41) is 11.5. The van der Waals surface area contributed by atoms with Gasteiger partial charge in [0.2, 0.25) is 0 Å². The first-order valence-corrected chi connectivity index (χ1v) is 13.9. The molecule has 0 saturated carbocycles. The van der Waals surface area contributed by atoms with Gasteiger partial charge in [-0.15, -0.1) is 0 Å². The highest BCUT2D eigenvalue weighted by molar-refractivity contribution is 6.46. The van der Waals surface area contributed by atoms with Gasteiger partial charge < -0.3 is 29.0 Å². The fraction of sp³-hybridized carbons (Fsp3) is 0.484. The van der Waals surface area contributed by atoms with Crippen molar-refractivity contribution >= 4 is 17.4 Å². The van der Waals surface area contributed by atoms with Crippen molar-refractivity contribution in [2.45, 2.75) is 65.0 Å². The molecule has 2 aliphatic heterocycles. The van der Waals surface area contributed by atoms with Crippen LogP contribution in [0.1, 0.15) is 69.2 Å². The quantitative estimate of drug-likeness (QED) is 0.157. The van der Waals surface area contributed by atoms with Crippen molar-refractivity contribution < 1.29 is 33.6 Å². The molecule has 4 rings (SSSR count). The molecule has 2 atom stereocenters. The van der Waals surface area contributed by atoms with Crippen LogP contribution in [-0.2, 0) is 20.7 Å². The third-order valence-corrected chi connectivity index (χ3v) is 7.05. The molecule has 2 aliphatic rings. The number of Topliss-reactive ketones (excluding diaryl/α,β-unsaturated/α-hetero) is 1. The van der Waals surface area contributed by atoms with Gasteiger partial charge in [0.25, 0.3) is 11.7 Å². The Morgan fingerprint density at radius 2 is 1.85 bits per heavy atom. The maximum absolute atomic E-state index is 13.4. The van der Waals surface area contributed by atoms with Gasteiger partial charge in [0.05, 0.1) is 24.8 Å². The molecule has 0 spiro atoms. The lowest BCUT2D eigenvalue weighted by Gasteiger charge is -2.26. The fourth-order valence-electron chi connectivity index (χ4n) is 5.18. The van der Waals surface area contributed by atoms with Gasteiger partial charge in [-0.3, -0.25) is 9.59 Å². The molecule has 8 heteroatoms. The van der Waals surface area contributed by atoms with Crippen LogP contribution in [0, 0.1) is 0 Å². The third kappa shape index (κ3) is 6.22. The van der Waals surface area contributed by atoms with Crippen LogP contribution in [0.15, 0.2) is 42.0 Å². The number of fused-ring (bicyclic) bond motifs is 1. The molecule has 39 heavy (non-hydrogen) atoms. The van der Waals surface area contributed by atoms with E-state index in [1.165, 1.54) is 4.90 Å². The summed E-state index contributed by atoms with van der Waals surface area (Å²) in [5.41, 5.74) is 2.16. The molecular formula is C31H39NO7. The van der Waals surface area contributed by atoms with Crippen LogP contribution in [0.5, 0.6) is 17.2 Å². The standard InChI is InChI=1S/C31H39NO7/c1-5-7-8-16-38-25-13-10-21(19-26(25)37-6-2)28-27(30(34)31(35)32(28)14-9-15-36-4)29(33)22-11-12-24-23(18-22)17-20(3)39-24/h10-13,18-20,28,33H,5-9,14-17H2,1-4H3/b29-27-. The second-order valence-corrected chi connectivity index (χ2v) is 9.99. The van der Waals surface area contributed by atoms with Gasteiger partial charge in [0.15, 0.2) is 11.5 Å². The summed E-state index contributed by atoms with van der Waals surface area (Å²) in [6.07, 6.45) is 4.41. The number of rotatable bonds is 13. The number of methoxy groups -OCH3 is 1. The summed E-state index contributed by atoms with van der Waals surface area (Å²) in [4.78, 5) is 28.2. The number of ether oxygens (including phenoxy) is 4. The Hall–Kier alpha value is -3.52. The molecule has 8 nitrogen and oxygen atoms in total. The molecule has 1 saturated heterocycles. The van der Waals surface area contributed by atoms with Crippen molar-refractivity contribution in [3.05, 3.63) is 58.7 Å². The number of carbonyl (C=O) groups excluding carboxylic acids is 2. The summed E-state index contributed by atoms with van der Waals surface area (Å²) in [5.74, 6) is 0.365. The van der Waals surface area contributed by atoms with E-state index in [-0.39, 0.29) is 17.4 Å². The van der Waals surface area contributed by atoms with Gasteiger partial charge in [-0.05, 0) is 68.1 Å². The Balaban J connectivity index is 1.76. The number of amides is 1. The summed E-state index contributed by atoms with van der Waals surface area (Å²) < 4.78 is 22.9. The van der Waals surface area contributed by atoms with E-state index in [1.54, 1.807) is 19.2 Å². The van der Waals surface area contributed by atoms with E-state index in [9.17, 15) is 14.7 Å². The van der Waals surface area contributed by atoms with E-state index in [0.29, 0.717) is 61.8 Å². The van der Waals surface area contributed by atoms with Gasteiger partial charge in [0, 0.05) is 32.2 Å². The Morgan fingerprint density at radius 1 is 1.03 bits per heavy atom. The van der Waals surface area contributed by atoms with E-state index in [0.717, 1.165) is 30.6 Å². The Bertz CT molecular complexity index is 1220. The minimum Gasteiger partial charge on any atom is -0.507 e. The van der Waals surface area contributed by atoms with Gasteiger partial charge in [-0.2, -0.15) is 0 Å². The van der Waals surface area contributed by atoms with Crippen LogP contribution < -0.4 is 14.2 Å². The second-order valence-electron chi connectivity index (χ2n) is 9.99. The molecule has 0 bridgehead atoms. The first-order chi connectivity index (χ1) is 18.9. The lowest BCUT2D eigenvalue weighted by atomic mass is 9.94. The topological polar surface area (TPSA) is 94.5 Å². The smallest absolute Gasteiger partial charge is 0.295 e. The highest BCUT2D eigenvalue weighted by atomic mass is 16.5. The zero-order valence-electron chi connectivity index (χ0n) is 23.3. The SMILES string of the molecule is CCCCCOc1ccc(C2/C(=C(/O)c3ccc4c(c3)CC(C)O4)C(=O)C(=O)N2CCCOC)cc1OCC. The average Bonchev–Trinajstić information content (AvgIpc) is 3.42. The van der Waals surface area contributed by atoms with Gasteiger partial charge in [-0.25, -0.2) is 0 Å². The van der Waals surface area contributed by atoms with Crippen LogP contribution in [0.4, 0.5) is 0 Å². The number of hydrogen-bond donors (Lipinski definition) is 1. The molecule has 1 amide bonds. The van der Waals surface area contributed by atoms with Crippen molar-refractivity contribution in [3.63, 3.8) is 0 Å². The Labute approximate surface area is 230 Å². The third-order valence-electron chi connectivity index (χ3n) is 7.05. The Morgan fingerprint density at radius 3 is 2.59 bits per heavy atom. The predicted octanol–water partition coefficient (Wildman–Crippen LogP) is 5.44. The molecule has 2 unspecified atom stereocenters. The number of carbonyl (C=O) groups is 2. The van der Waals surface area contributed by atoms with E-state index < -0.39 is 17.7 Å². The summed E-state index contributed by atoms with van der Waals surface area (Å²) >= 11 is 0. The fourth-order valence-corrected chi connectivity index (χ4v) is 5.18. The Kier molecular flexibility index (Phi) is 9.51. The maximum atomic E-state index is 13.4. The number of aliphatic hydroxyl groups excluding tert-OH is 1. The zero-order valence-corrected chi connectivity index (χ0v) is 23.3. The molecule has 0 aromatic heterocycles. The van der Waals surface area contributed by atoms with E-state index >= 15 is 0 Å². The average molecular weight is 538 g/mol. The molecule has 0 aliphatic carbocycles. The van der Waals surface area contributed by atoms with Gasteiger partial charge in [-0.1, -0.05) is 25.8 Å². The maximum Gasteiger partial charge on any atom is 0.295 e. The number of hydrogen-bond acceptors (Lipinski definition) is 7. The lowest BCUT2D eigenvalue weighted by molar-refractivity contribution is -0.140. The number of unbranched alkanes of at least 4 members (excludes halogenated alkanes) is 2. The van der Waals surface area contributed by atoms with Crippen molar-refractivity contribution in [1.82, 2.24) is 4.90 Å². The van der Waals surface area contributed by atoms with Gasteiger partial charge in [0.1, 0.15) is 17.6 Å². The predicted molar refractivity (Wildman–Crippen MR) is 148 cm³/mol. The van der Waals surface area contributed by atoms with Crippen molar-refractivity contribution in [3.8, 4) is 17.2 Å². The van der Waals surface area contributed by atoms with Crippen LogP contribution in [-0.4, -0.2) is 61.3 Å². The summed E-state index contributed by atoms with van der Waals surface area (Å²) in [7, 11) is 1.59. The molecule has 2 aromatic rings. The molecule has 1 N–H and O–H groups in total. The van der Waals surface area contributed by atoms with Crippen LogP contribution in [0.25, 0.3) is 5.76 Å². The van der Waals surface area contributed by atoms with Crippen molar-refractivity contribution in [1.29, 1.82) is 0 Å². The highest BCUT2D eigenvalue weighted by Crippen LogP contribution is 2.43. The molecule has 1 fully saturated rings. The summed E-state index contributed by atoms with van der Waals surface area (Å²) in [6, 6.07) is 10.0. The number of benzene rings is 2. The first-order valence-electron chi connectivity index (χ1n) is 13.9. The second kappa shape index (κ2) is 13.0. The highest BCUT2D eigenvalue weighted by Gasteiger charge is 2.46. The van der Waals surface area contributed by atoms with Crippen LogP contribution in [0.2, 0.25) is 0 Å². The largest absolute Gasteiger partial charge is 0.507 e. The molecule has 210 valence electrons. The monoisotopic (exact) mass is 537 g/mol. The van der Waals surface area contributed by atoms with E-state index in [1.807, 2.05) is 38.1 Å². The lowest BCUT2D eigenvalue weighted by Crippen LogP contribution is -2.31. The van der Waals surface area contributed by atoms with Crippen LogP contribution in [0.3, 0.4) is 0 Å². The molecular weight excluding hydrogens is 498 g/mol. The zero-order chi connectivity index (χ0) is 27.9. The number of nitrogens with zero attached hydrogens (tertiary/aromatic N) is 1. The molecule has 0 radical (unpaired) electrons. The van der Waals surface area contributed by atoms with Crippen molar-refractivity contribution in [2.24, 2.45) is 0 Å². The van der Waals surface area contributed by atoms with Gasteiger partial charge >= 0.3 is 0 Å². The first kappa shape index (κ1) is 28.5. The summed E-state index contributed by atoms with van der Waals surface area (Å²) in [6.45, 7) is 7.76. The number of likely N-dealkylation sites (tertiary alicyclic amines) is 1. The normalized spacial score (nSPS) is 19.7. The molecule has 2 aromatic carbocycles. The molecule has 2 heterocycles. The minimum atomic E-state index is -0.779. The minimum absolute atomic E-state index is 0.0449. The number of aliphatic hydroxyl groups is 1. The van der Waals surface area contributed by atoms with E-state index in [2.05, 4.69) is 6.92 Å². The van der Waals surface area contributed by atoms with Crippen molar-refractivity contribution in [2.75, 3.05) is 33.5 Å². The number of ketones is 1. The van der Waals surface area contributed by atoms with E-state index in [4.69, 9.17) is 18.9 Å².